The molecule has 2 N–H and O–H groups in total. The Bertz CT molecular complexity index is 934. The van der Waals surface area contributed by atoms with Gasteiger partial charge in [0.2, 0.25) is 0 Å². The zero-order chi connectivity index (χ0) is 21.9. The molecule has 3 rings (SSSR count). The van der Waals surface area contributed by atoms with Crippen molar-refractivity contribution in [1.82, 2.24) is 20.2 Å². The monoisotopic (exact) mass is 419 g/mol. The highest BCUT2D eigenvalue weighted by molar-refractivity contribution is 5.79. The average Bonchev–Trinajstić information content (AvgIpc) is 3.25. The fourth-order valence-corrected chi connectivity index (χ4v) is 3.51. The molecule has 0 aliphatic rings. The number of hydrogen-bond acceptors (Lipinski definition) is 3. The lowest BCUT2D eigenvalue weighted by molar-refractivity contribution is 0.414. The van der Waals surface area contributed by atoms with Gasteiger partial charge in [-0.2, -0.15) is 0 Å². The number of benzene rings is 2. The first-order valence-corrected chi connectivity index (χ1v) is 10.8. The topological polar surface area (TPSA) is 63.5 Å². The van der Waals surface area contributed by atoms with Gasteiger partial charge in [-0.1, -0.05) is 49.4 Å². The molecule has 6 nitrogen and oxygen atoms in total. The molecule has 0 bridgehead atoms. The summed E-state index contributed by atoms with van der Waals surface area (Å²) in [6.07, 6.45) is 5.76. The van der Waals surface area contributed by atoms with Gasteiger partial charge in [0.15, 0.2) is 5.96 Å². The quantitative estimate of drug-likeness (QED) is 0.387. The smallest absolute Gasteiger partial charge is 0.190 e. The molecule has 0 fully saturated rings. The van der Waals surface area contributed by atoms with Crippen molar-refractivity contribution >= 4 is 5.96 Å². The van der Waals surface area contributed by atoms with Gasteiger partial charge in [-0.05, 0) is 35.6 Å². The van der Waals surface area contributed by atoms with Crippen LogP contribution in [0.2, 0.25) is 0 Å². The minimum atomic E-state index is 0.460. The first kappa shape index (κ1) is 22.4. The second-order valence-corrected chi connectivity index (χ2v) is 7.60. The number of nitrogens with one attached hydrogen (secondary N) is 2. The van der Waals surface area contributed by atoms with Gasteiger partial charge in [0.25, 0.3) is 0 Å². The molecule has 0 aliphatic heterocycles. The van der Waals surface area contributed by atoms with Crippen molar-refractivity contribution in [3.05, 3.63) is 83.9 Å². The van der Waals surface area contributed by atoms with E-state index in [0.29, 0.717) is 5.92 Å². The maximum atomic E-state index is 5.24. The lowest BCUT2D eigenvalue weighted by Crippen LogP contribution is -2.39. The van der Waals surface area contributed by atoms with Gasteiger partial charge < -0.3 is 19.9 Å². The molecule has 6 heteroatoms. The molecule has 0 saturated heterocycles. The molecule has 1 heterocycles. The van der Waals surface area contributed by atoms with Crippen molar-refractivity contribution in [3.8, 4) is 5.75 Å². The van der Waals surface area contributed by atoms with E-state index < -0.39 is 0 Å². The first-order chi connectivity index (χ1) is 15.2. The lowest BCUT2D eigenvalue weighted by Gasteiger charge is -2.16. The van der Waals surface area contributed by atoms with Crippen LogP contribution >= 0.6 is 0 Å². The van der Waals surface area contributed by atoms with Crippen LogP contribution in [0, 0.1) is 0 Å². The van der Waals surface area contributed by atoms with Gasteiger partial charge in [-0.15, -0.1) is 0 Å². The van der Waals surface area contributed by atoms with Crippen LogP contribution in [0.5, 0.6) is 5.75 Å². The summed E-state index contributed by atoms with van der Waals surface area (Å²) in [5.74, 6) is 3.24. The summed E-state index contributed by atoms with van der Waals surface area (Å²) in [5.41, 5.74) is 2.59. The minimum absolute atomic E-state index is 0.460. The maximum Gasteiger partial charge on any atom is 0.190 e. The summed E-state index contributed by atoms with van der Waals surface area (Å²) in [7, 11) is 3.50. The van der Waals surface area contributed by atoms with Crippen LogP contribution < -0.4 is 15.4 Å². The van der Waals surface area contributed by atoms with E-state index in [1.165, 1.54) is 11.1 Å². The highest BCUT2D eigenvalue weighted by Gasteiger charge is 2.07. The molecule has 31 heavy (non-hydrogen) atoms. The fourth-order valence-electron chi connectivity index (χ4n) is 3.51. The van der Waals surface area contributed by atoms with Crippen LogP contribution in [0.3, 0.4) is 0 Å². The van der Waals surface area contributed by atoms with E-state index in [2.05, 4.69) is 68.5 Å². The average molecular weight is 420 g/mol. The lowest BCUT2D eigenvalue weighted by atomic mass is 9.98. The van der Waals surface area contributed by atoms with Crippen LogP contribution in [0.15, 0.2) is 72.0 Å². The summed E-state index contributed by atoms with van der Waals surface area (Å²) in [6, 6.07) is 18.8. The molecule has 1 aromatic heterocycles. The number of nitrogens with zero attached hydrogens (tertiary/aromatic N) is 3. The standard InChI is InChI=1S/C25H33N5O/c1-20(22-9-11-23(31-3)12-10-22)13-15-28-25(26-2)29-16-14-24-27-17-18-30(24)19-21-7-5-4-6-8-21/h4-12,17-18,20H,13-16,19H2,1-3H3,(H2,26,28,29). The zero-order valence-electron chi connectivity index (χ0n) is 18.7. The third kappa shape index (κ3) is 6.88. The second kappa shape index (κ2) is 11.8. The van der Waals surface area contributed by atoms with Gasteiger partial charge in [-0.25, -0.2) is 4.98 Å². The SMILES string of the molecule is CN=C(NCCc1nccn1Cc1ccccc1)NCCC(C)c1ccc(OC)cc1. The Morgan fingerprint density at radius 1 is 1.06 bits per heavy atom. The van der Waals surface area contributed by atoms with Gasteiger partial charge in [0.05, 0.1) is 7.11 Å². The molecule has 0 spiro atoms. The molecule has 0 saturated carbocycles. The highest BCUT2D eigenvalue weighted by atomic mass is 16.5. The largest absolute Gasteiger partial charge is 0.497 e. The number of aliphatic imine (C=N–C) groups is 1. The number of rotatable bonds is 10. The Balaban J connectivity index is 1.40. The van der Waals surface area contributed by atoms with Gasteiger partial charge in [0.1, 0.15) is 11.6 Å². The Kier molecular flexibility index (Phi) is 8.52. The normalized spacial score (nSPS) is 12.4. The highest BCUT2D eigenvalue weighted by Crippen LogP contribution is 2.21. The van der Waals surface area contributed by atoms with E-state index in [9.17, 15) is 0 Å². The fraction of sp³-hybridized carbons (Fsp3) is 0.360. The third-order valence-corrected chi connectivity index (χ3v) is 5.42. The number of hydrogen-bond donors (Lipinski definition) is 2. The molecular formula is C25H33N5O. The first-order valence-electron chi connectivity index (χ1n) is 10.8. The summed E-state index contributed by atoms with van der Waals surface area (Å²) < 4.78 is 7.43. The molecule has 1 unspecified atom stereocenters. The number of ether oxygens (including phenoxy) is 1. The van der Waals surface area contributed by atoms with Crippen molar-refractivity contribution in [2.24, 2.45) is 4.99 Å². The van der Waals surface area contributed by atoms with E-state index in [1.54, 1.807) is 14.2 Å². The summed E-state index contributed by atoms with van der Waals surface area (Å²) in [5, 5.41) is 6.81. The Hall–Kier alpha value is -3.28. The van der Waals surface area contributed by atoms with E-state index in [-0.39, 0.29) is 0 Å². The summed E-state index contributed by atoms with van der Waals surface area (Å²) in [4.78, 5) is 8.86. The van der Waals surface area contributed by atoms with Crippen LogP contribution in [0.1, 0.15) is 36.2 Å². The Morgan fingerprint density at radius 2 is 1.81 bits per heavy atom. The van der Waals surface area contributed by atoms with Crippen LogP contribution in [-0.4, -0.2) is 42.8 Å². The number of imidazole rings is 1. The van der Waals surface area contributed by atoms with E-state index in [4.69, 9.17) is 4.74 Å². The molecule has 2 aromatic carbocycles. The van der Waals surface area contributed by atoms with Gasteiger partial charge in [-0.3, -0.25) is 4.99 Å². The van der Waals surface area contributed by atoms with Crippen LogP contribution in [-0.2, 0) is 13.0 Å². The van der Waals surface area contributed by atoms with E-state index in [1.807, 2.05) is 30.6 Å². The van der Waals surface area contributed by atoms with Crippen molar-refractivity contribution < 1.29 is 4.74 Å². The molecule has 0 amide bonds. The predicted octanol–water partition coefficient (Wildman–Crippen LogP) is 3.84. The van der Waals surface area contributed by atoms with Crippen LogP contribution in [0.25, 0.3) is 0 Å². The number of guanidine groups is 1. The molecule has 164 valence electrons. The summed E-state index contributed by atoms with van der Waals surface area (Å²) in [6.45, 7) is 4.72. The van der Waals surface area contributed by atoms with Gasteiger partial charge in [0, 0.05) is 45.5 Å². The molecule has 1 atom stereocenters. The molecule has 3 aromatic rings. The van der Waals surface area contributed by atoms with Crippen LogP contribution in [0.4, 0.5) is 0 Å². The van der Waals surface area contributed by atoms with Crippen molar-refractivity contribution in [2.75, 3.05) is 27.2 Å². The summed E-state index contributed by atoms with van der Waals surface area (Å²) >= 11 is 0. The maximum absolute atomic E-state index is 5.24. The second-order valence-electron chi connectivity index (χ2n) is 7.60. The Morgan fingerprint density at radius 3 is 2.52 bits per heavy atom. The van der Waals surface area contributed by atoms with E-state index in [0.717, 1.165) is 50.0 Å². The third-order valence-electron chi connectivity index (χ3n) is 5.42. The van der Waals surface area contributed by atoms with Crippen molar-refractivity contribution in [1.29, 1.82) is 0 Å². The Labute approximate surface area is 185 Å². The molecule has 0 radical (unpaired) electrons. The number of methoxy groups -OCH3 is 1. The predicted molar refractivity (Wildman–Crippen MR) is 127 cm³/mol. The zero-order valence-corrected chi connectivity index (χ0v) is 18.7. The molecule has 0 aliphatic carbocycles. The van der Waals surface area contributed by atoms with Gasteiger partial charge >= 0.3 is 0 Å². The number of aromatic nitrogens is 2. The molecular weight excluding hydrogens is 386 g/mol. The van der Waals surface area contributed by atoms with Crippen molar-refractivity contribution in [3.63, 3.8) is 0 Å². The van der Waals surface area contributed by atoms with Crippen molar-refractivity contribution in [2.45, 2.75) is 32.2 Å². The van der Waals surface area contributed by atoms with E-state index >= 15 is 0 Å². The minimum Gasteiger partial charge on any atom is -0.497 e.